The van der Waals surface area contributed by atoms with Gasteiger partial charge in [-0.05, 0) is 24.6 Å². The van der Waals surface area contributed by atoms with Crippen LogP contribution in [0.15, 0.2) is 24.3 Å². The lowest BCUT2D eigenvalue weighted by atomic mass is 10.2. The molecule has 0 N–H and O–H groups in total. The van der Waals surface area contributed by atoms with Crippen molar-refractivity contribution in [2.45, 2.75) is 12.2 Å². The molecule has 0 aromatic heterocycles. The Kier molecular flexibility index (Phi) is 3.28. The van der Waals surface area contributed by atoms with Crippen LogP contribution in [-0.4, -0.2) is 0 Å². The predicted octanol–water partition coefficient (Wildman–Crippen LogP) is 3.93. The lowest BCUT2D eigenvalue weighted by molar-refractivity contribution is 1.11. The molecule has 0 aliphatic rings. The zero-order valence-electron chi connectivity index (χ0n) is 6.38. The van der Waals surface area contributed by atoms with Gasteiger partial charge in [-0.1, -0.05) is 23.7 Å². The molecular formula is C9H10ClS. The summed E-state index contributed by atoms with van der Waals surface area (Å²) in [5.74, 6) is 0. The van der Waals surface area contributed by atoms with Crippen molar-refractivity contribution in [3.05, 3.63) is 41.1 Å². The zero-order valence-corrected chi connectivity index (χ0v) is 7.95. The fraction of sp³-hybridized carbons (Fsp3) is 0.222. The Morgan fingerprint density at radius 2 is 1.91 bits per heavy atom. The Morgan fingerprint density at radius 3 is 2.36 bits per heavy atom. The summed E-state index contributed by atoms with van der Waals surface area (Å²) in [6, 6.07) is 7.88. The van der Waals surface area contributed by atoms with Crippen LogP contribution in [0.25, 0.3) is 0 Å². The molecule has 59 valence electrons. The summed E-state index contributed by atoms with van der Waals surface area (Å²) in [7, 11) is 0. The number of thioether (sulfide) groups is 1. The molecule has 0 saturated carbocycles. The maximum atomic E-state index is 5.74. The van der Waals surface area contributed by atoms with Gasteiger partial charge in [0.05, 0.1) is 0 Å². The topological polar surface area (TPSA) is 0 Å². The molecule has 0 aliphatic carbocycles. The molecule has 0 heterocycles. The van der Waals surface area contributed by atoms with Gasteiger partial charge in [-0.15, -0.1) is 0 Å². The van der Waals surface area contributed by atoms with Crippen molar-refractivity contribution in [2.75, 3.05) is 0 Å². The number of rotatable bonds is 2. The highest BCUT2D eigenvalue weighted by Gasteiger charge is 2.01. The summed E-state index contributed by atoms with van der Waals surface area (Å²) in [5.41, 5.74) is 1.27. The predicted molar refractivity (Wildman–Crippen MR) is 52.8 cm³/mol. The lowest BCUT2D eigenvalue weighted by Gasteiger charge is -2.07. The van der Waals surface area contributed by atoms with Crippen LogP contribution < -0.4 is 0 Å². The van der Waals surface area contributed by atoms with Gasteiger partial charge in [-0.3, -0.25) is 0 Å². The van der Waals surface area contributed by atoms with Gasteiger partial charge in [-0.2, -0.15) is 11.8 Å². The third-order valence-electron chi connectivity index (χ3n) is 1.59. The Bertz CT molecular complexity index is 218. The molecule has 2 heteroatoms. The van der Waals surface area contributed by atoms with Crippen molar-refractivity contribution in [3.8, 4) is 0 Å². The molecule has 11 heavy (non-hydrogen) atoms. The van der Waals surface area contributed by atoms with Gasteiger partial charge >= 0.3 is 0 Å². The molecule has 1 aromatic rings. The quantitative estimate of drug-likeness (QED) is 0.673. The molecule has 0 spiro atoms. The molecule has 0 amide bonds. The van der Waals surface area contributed by atoms with E-state index in [1.165, 1.54) is 5.56 Å². The fourth-order valence-corrected chi connectivity index (χ4v) is 1.31. The lowest BCUT2D eigenvalue weighted by Crippen LogP contribution is -1.84. The largest absolute Gasteiger partial charge is 0.153 e. The average molecular weight is 186 g/mol. The van der Waals surface area contributed by atoms with Crippen LogP contribution >= 0.6 is 23.4 Å². The third kappa shape index (κ3) is 2.42. The summed E-state index contributed by atoms with van der Waals surface area (Å²) in [4.78, 5) is 0. The van der Waals surface area contributed by atoms with Crippen LogP contribution in [-0.2, 0) is 0 Å². The summed E-state index contributed by atoms with van der Waals surface area (Å²) >= 11 is 7.33. The first-order valence-electron chi connectivity index (χ1n) is 3.40. The Morgan fingerprint density at radius 1 is 1.36 bits per heavy atom. The smallest absolute Gasteiger partial charge is 0.0406 e. The second kappa shape index (κ2) is 4.03. The summed E-state index contributed by atoms with van der Waals surface area (Å²) in [5, 5.41) is 1.24. The fourth-order valence-electron chi connectivity index (χ4n) is 0.830. The summed E-state index contributed by atoms with van der Waals surface area (Å²) in [6.07, 6.45) is 3.77. The maximum absolute atomic E-state index is 5.74. The summed E-state index contributed by atoms with van der Waals surface area (Å²) in [6.45, 7) is 2.13. The normalized spacial score (nSPS) is 13.0. The molecule has 1 atom stereocenters. The minimum absolute atomic E-state index is 0.451. The van der Waals surface area contributed by atoms with Gasteiger partial charge in [0.15, 0.2) is 0 Å². The highest BCUT2D eigenvalue weighted by Crippen LogP contribution is 2.27. The van der Waals surface area contributed by atoms with Gasteiger partial charge in [0.1, 0.15) is 0 Å². The Balaban J connectivity index is 2.81. The molecular weight excluding hydrogens is 176 g/mol. The van der Waals surface area contributed by atoms with E-state index in [1.807, 2.05) is 24.3 Å². The second-order valence-corrected chi connectivity index (χ2v) is 3.84. The van der Waals surface area contributed by atoms with E-state index in [1.54, 1.807) is 11.8 Å². The molecule has 0 aliphatic heterocycles. The first-order chi connectivity index (χ1) is 5.24. The van der Waals surface area contributed by atoms with Crippen molar-refractivity contribution in [1.29, 1.82) is 0 Å². The number of hydrogen-bond donors (Lipinski definition) is 0. The highest BCUT2D eigenvalue weighted by molar-refractivity contribution is 8.00. The van der Waals surface area contributed by atoms with Crippen molar-refractivity contribution >= 4 is 23.4 Å². The molecule has 1 unspecified atom stereocenters. The van der Waals surface area contributed by atoms with Crippen LogP contribution in [0.1, 0.15) is 17.7 Å². The van der Waals surface area contributed by atoms with E-state index in [2.05, 4.69) is 13.2 Å². The van der Waals surface area contributed by atoms with E-state index in [9.17, 15) is 0 Å². The van der Waals surface area contributed by atoms with E-state index in [0.717, 1.165) is 5.02 Å². The second-order valence-electron chi connectivity index (χ2n) is 2.36. The average Bonchev–Trinajstić information content (AvgIpc) is 2.05. The Hall–Kier alpha value is -0.140. The van der Waals surface area contributed by atoms with Crippen LogP contribution in [0, 0.1) is 6.26 Å². The molecule has 1 rings (SSSR count). The van der Waals surface area contributed by atoms with Crippen molar-refractivity contribution in [1.82, 2.24) is 0 Å². The molecule has 0 nitrogen and oxygen atoms in total. The molecule has 1 radical (unpaired) electrons. The highest BCUT2D eigenvalue weighted by atomic mass is 35.5. The van der Waals surface area contributed by atoms with Crippen molar-refractivity contribution in [2.24, 2.45) is 0 Å². The SMILES string of the molecule is [CH2]SC(C)c1ccc(Cl)cc1. The van der Waals surface area contributed by atoms with Crippen molar-refractivity contribution in [3.63, 3.8) is 0 Å². The van der Waals surface area contributed by atoms with Gasteiger partial charge in [0, 0.05) is 16.5 Å². The van der Waals surface area contributed by atoms with Gasteiger partial charge in [-0.25, -0.2) is 0 Å². The monoisotopic (exact) mass is 185 g/mol. The van der Waals surface area contributed by atoms with E-state index in [0.29, 0.717) is 5.25 Å². The van der Waals surface area contributed by atoms with Crippen LogP contribution in [0.5, 0.6) is 0 Å². The van der Waals surface area contributed by atoms with E-state index in [4.69, 9.17) is 11.6 Å². The minimum atomic E-state index is 0.451. The molecule has 1 aromatic carbocycles. The minimum Gasteiger partial charge on any atom is -0.153 e. The van der Waals surface area contributed by atoms with Crippen LogP contribution in [0.4, 0.5) is 0 Å². The number of hydrogen-bond acceptors (Lipinski definition) is 1. The number of halogens is 1. The van der Waals surface area contributed by atoms with Gasteiger partial charge < -0.3 is 0 Å². The summed E-state index contributed by atoms with van der Waals surface area (Å²) < 4.78 is 0. The third-order valence-corrected chi connectivity index (χ3v) is 2.61. The van der Waals surface area contributed by atoms with E-state index >= 15 is 0 Å². The van der Waals surface area contributed by atoms with Gasteiger partial charge in [0.25, 0.3) is 0 Å². The zero-order chi connectivity index (χ0) is 8.27. The van der Waals surface area contributed by atoms with E-state index in [-0.39, 0.29) is 0 Å². The first-order valence-corrected chi connectivity index (χ1v) is 4.83. The van der Waals surface area contributed by atoms with E-state index < -0.39 is 0 Å². The first kappa shape index (κ1) is 8.95. The van der Waals surface area contributed by atoms with Crippen LogP contribution in [0.3, 0.4) is 0 Å². The number of benzene rings is 1. The molecule has 0 fully saturated rings. The molecule has 0 bridgehead atoms. The maximum Gasteiger partial charge on any atom is 0.0406 e. The van der Waals surface area contributed by atoms with Gasteiger partial charge in [0.2, 0.25) is 0 Å². The Labute approximate surface area is 77.0 Å². The molecule has 0 saturated heterocycles. The standard InChI is InChI=1S/C9H10ClS/c1-7(11-2)8-3-5-9(10)6-4-8/h3-7H,2H2,1H3. The van der Waals surface area contributed by atoms with Crippen molar-refractivity contribution < 1.29 is 0 Å². The van der Waals surface area contributed by atoms with Crippen LogP contribution in [0.2, 0.25) is 5.02 Å².